The first-order chi connectivity index (χ1) is 8.06. The van der Waals surface area contributed by atoms with Gasteiger partial charge >= 0.3 is 5.97 Å². The third-order valence-electron chi connectivity index (χ3n) is 3.82. The molecular formula is C13H26N2O2. The summed E-state index contributed by atoms with van der Waals surface area (Å²) in [6, 6.07) is 0.123. The van der Waals surface area contributed by atoms with E-state index in [1.807, 2.05) is 0 Å². The van der Waals surface area contributed by atoms with Crippen molar-refractivity contribution < 1.29 is 9.53 Å². The number of rotatable bonds is 5. The van der Waals surface area contributed by atoms with Crippen molar-refractivity contribution in [3.63, 3.8) is 0 Å². The average Bonchev–Trinajstić information content (AvgIpc) is 2.31. The molecule has 0 aromatic rings. The molecule has 0 aromatic heterocycles. The second kappa shape index (κ2) is 6.97. The van der Waals surface area contributed by atoms with Gasteiger partial charge in [0.15, 0.2) is 0 Å². The molecule has 1 saturated heterocycles. The number of ether oxygens (including phenoxy) is 1. The molecule has 1 rings (SSSR count). The summed E-state index contributed by atoms with van der Waals surface area (Å²) >= 11 is 0. The first-order valence-electron chi connectivity index (χ1n) is 6.72. The van der Waals surface area contributed by atoms with Crippen LogP contribution in [0.3, 0.4) is 0 Å². The topological polar surface area (TPSA) is 55.6 Å². The Balaban J connectivity index is 2.31. The molecule has 1 aliphatic heterocycles. The number of carbonyl (C=O) groups excluding carboxylic acids is 1. The van der Waals surface area contributed by atoms with Gasteiger partial charge in [0.25, 0.3) is 0 Å². The fourth-order valence-corrected chi connectivity index (χ4v) is 2.41. The molecule has 0 bridgehead atoms. The Bertz CT molecular complexity index is 246. The van der Waals surface area contributed by atoms with E-state index in [1.54, 1.807) is 6.92 Å². The predicted molar refractivity (Wildman–Crippen MR) is 68.7 cm³/mol. The molecular weight excluding hydrogens is 216 g/mol. The number of likely N-dealkylation sites (tertiary alicyclic amines) is 1. The maximum Gasteiger partial charge on any atom is 0.322 e. The van der Waals surface area contributed by atoms with Crippen LogP contribution in [0, 0.1) is 5.92 Å². The van der Waals surface area contributed by atoms with Crippen LogP contribution < -0.4 is 5.73 Å². The Labute approximate surface area is 104 Å². The van der Waals surface area contributed by atoms with E-state index >= 15 is 0 Å². The summed E-state index contributed by atoms with van der Waals surface area (Å²) in [5.41, 5.74) is 5.80. The van der Waals surface area contributed by atoms with E-state index in [-0.39, 0.29) is 5.97 Å². The van der Waals surface area contributed by atoms with Crippen molar-refractivity contribution in [1.82, 2.24) is 4.90 Å². The highest BCUT2D eigenvalue weighted by molar-refractivity contribution is 5.75. The molecule has 0 aliphatic carbocycles. The number of nitrogens with two attached hydrogens (primary N) is 1. The van der Waals surface area contributed by atoms with Gasteiger partial charge < -0.3 is 15.4 Å². The van der Waals surface area contributed by atoms with Crippen molar-refractivity contribution >= 4 is 5.97 Å². The lowest BCUT2D eigenvalue weighted by molar-refractivity contribution is -0.145. The highest BCUT2D eigenvalue weighted by Crippen LogP contribution is 2.22. The van der Waals surface area contributed by atoms with Crippen molar-refractivity contribution in [3.8, 4) is 0 Å². The first-order valence-corrected chi connectivity index (χ1v) is 6.72. The van der Waals surface area contributed by atoms with Crippen LogP contribution in [0.25, 0.3) is 0 Å². The summed E-state index contributed by atoms with van der Waals surface area (Å²) in [4.78, 5) is 13.8. The van der Waals surface area contributed by atoms with Gasteiger partial charge in [0.05, 0.1) is 6.61 Å². The quantitative estimate of drug-likeness (QED) is 0.740. The number of hydrogen-bond donors (Lipinski definition) is 1. The molecule has 100 valence electrons. The summed E-state index contributed by atoms with van der Waals surface area (Å²) in [6.07, 6.45) is 3.25. The smallest absolute Gasteiger partial charge is 0.322 e. The molecule has 0 saturated carbocycles. The minimum Gasteiger partial charge on any atom is -0.465 e. The van der Waals surface area contributed by atoms with Crippen molar-refractivity contribution in [1.29, 1.82) is 0 Å². The molecule has 1 aliphatic rings. The largest absolute Gasteiger partial charge is 0.465 e. The Kier molecular flexibility index (Phi) is 5.92. The van der Waals surface area contributed by atoms with Crippen molar-refractivity contribution in [2.45, 2.75) is 52.1 Å². The van der Waals surface area contributed by atoms with Crippen LogP contribution in [0.15, 0.2) is 0 Å². The Morgan fingerprint density at radius 2 is 2.24 bits per heavy atom. The van der Waals surface area contributed by atoms with E-state index in [4.69, 9.17) is 10.5 Å². The molecule has 17 heavy (non-hydrogen) atoms. The fourth-order valence-electron chi connectivity index (χ4n) is 2.41. The molecule has 0 spiro atoms. The lowest BCUT2D eigenvalue weighted by Gasteiger charge is -2.38. The average molecular weight is 242 g/mol. The highest BCUT2D eigenvalue weighted by atomic mass is 16.5. The van der Waals surface area contributed by atoms with Crippen LogP contribution in [0.1, 0.15) is 40.0 Å². The number of carbonyl (C=O) groups is 1. The van der Waals surface area contributed by atoms with Gasteiger partial charge in [-0.3, -0.25) is 4.79 Å². The van der Waals surface area contributed by atoms with E-state index in [1.165, 1.54) is 12.8 Å². The lowest BCUT2D eigenvalue weighted by Crippen LogP contribution is -2.45. The molecule has 2 N–H and O–H groups in total. The van der Waals surface area contributed by atoms with E-state index in [0.717, 1.165) is 19.0 Å². The zero-order chi connectivity index (χ0) is 12.8. The van der Waals surface area contributed by atoms with Gasteiger partial charge in [-0.2, -0.15) is 0 Å². The van der Waals surface area contributed by atoms with Crippen LogP contribution in [-0.2, 0) is 9.53 Å². The molecule has 3 unspecified atom stereocenters. The maximum absolute atomic E-state index is 11.4. The number of nitrogens with zero attached hydrogens (tertiary/aromatic N) is 1. The van der Waals surface area contributed by atoms with Gasteiger partial charge in [-0.05, 0) is 45.6 Å². The van der Waals surface area contributed by atoms with Crippen molar-refractivity contribution in [2.24, 2.45) is 11.7 Å². The molecule has 3 atom stereocenters. The fraction of sp³-hybridized carbons (Fsp3) is 0.923. The standard InChI is InChI=1S/C13H26N2O2/c1-4-17-13(16)12(14)7-9-15-8-5-6-10(2)11(15)3/h10-12H,4-9,14H2,1-3H3. The Hall–Kier alpha value is -0.610. The van der Waals surface area contributed by atoms with Crippen LogP contribution in [0.2, 0.25) is 0 Å². The van der Waals surface area contributed by atoms with Crippen molar-refractivity contribution in [2.75, 3.05) is 19.7 Å². The van der Waals surface area contributed by atoms with Gasteiger partial charge in [0, 0.05) is 12.6 Å². The van der Waals surface area contributed by atoms with Crippen LogP contribution in [0.4, 0.5) is 0 Å². The van der Waals surface area contributed by atoms with Gasteiger partial charge in [0.2, 0.25) is 0 Å². The molecule has 0 aromatic carbocycles. The van der Waals surface area contributed by atoms with Gasteiger partial charge in [-0.1, -0.05) is 6.92 Å². The second-order valence-electron chi connectivity index (χ2n) is 5.04. The summed E-state index contributed by atoms with van der Waals surface area (Å²) in [5.74, 6) is 0.466. The van der Waals surface area contributed by atoms with Crippen LogP contribution in [-0.4, -0.2) is 42.6 Å². The molecule has 1 heterocycles. The Morgan fingerprint density at radius 1 is 1.53 bits per heavy atom. The summed E-state index contributed by atoms with van der Waals surface area (Å²) in [5, 5.41) is 0. The number of esters is 1. The first kappa shape index (κ1) is 14.5. The van der Waals surface area contributed by atoms with Gasteiger partial charge in [0.1, 0.15) is 6.04 Å². The number of piperidine rings is 1. The van der Waals surface area contributed by atoms with Crippen molar-refractivity contribution in [3.05, 3.63) is 0 Å². The number of hydrogen-bond acceptors (Lipinski definition) is 4. The van der Waals surface area contributed by atoms with E-state index < -0.39 is 6.04 Å². The third kappa shape index (κ3) is 4.28. The summed E-state index contributed by atoms with van der Waals surface area (Å²) < 4.78 is 4.91. The van der Waals surface area contributed by atoms with Gasteiger partial charge in [-0.15, -0.1) is 0 Å². The molecule has 0 amide bonds. The molecule has 0 radical (unpaired) electrons. The maximum atomic E-state index is 11.4. The van der Waals surface area contributed by atoms with Crippen LogP contribution in [0.5, 0.6) is 0 Å². The minimum atomic E-state index is -0.473. The zero-order valence-corrected chi connectivity index (χ0v) is 11.3. The third-order valence-corrected chi connectivity index (χ3v) is 3.82. The van der Waals surface area contributed by atoms with E-state index in [9.17, 15) is 4.79 Å². The zero-order valence-electron chi connectivity index (χ0n) is 11.3. The SMILES string of the molecule is CCOC(=O)C(N)CCN1CCCC(C)C1C. The monoisotopic (exact) mass is 242 g/mol. The molecule has 1 fully saturated rings. The Morgan fingerprint density at radius 3 is 2.88 bits per heavy atom. The van der Waals surface area contributed by atoms with Crippen LogP contribution >= 0.6 is 0 Å². The summed E-state index contributed by atoms with van der Waals surface area (Å²) in [6.45, 7) is 8.79. The highest BCUT2D eigenvalue weighted by Gasteiger charge is 2.25. The molecule has 4 nitrogen and oxygen atoms in total. The normalized spacial score (nSPS) is 27.8. The summed E-state index contributed by atoms with van der Waals surface area (Å²) in [7, 11) is 0. The minimum absolute atomic E-state index is 0.273. The van der Waals surface area contributed by atoms with Gasteiger partial charge in [-0.25, -0.2) is 0 Å². The lowest BCUT2D eigenvalue weighted by atomic mass is 9.92. The second-order valence-corrected chi connectivity index (χ2v) is 5.04. The van der Waals surface area contributed by atoms with E-state index in [0.29, 0.717) is 19.1 Å². The molecule has 4 heteroatoms. The predicted octanol–water partition coefficient (Wildman–Crippen LogP) is 1.39. The van der Waals surface area contributed by atoms with E-state index in [2.05, 4.69) is 18.7 Å².